The van der Waals surface area contributed by atoms with E-state index in [-0.39, 0.29) is 0 Å². The molecule has 0 aromatic carbocycles. The lowest BCUT2D eigenvalue weighted by Gasteiger charge is -2.01. The Balaban J connectivity index is 1.96. The van der Waals surface area contributed by atoms with Gasteiger partial charge in [0.25, 0.3) is 0 Å². The maximum absolute atomic E-state index is 2.25. The summed E-state index contributed by atoms with van der Waals surface area (Å²) in [7, 11) is 0. The SMILES string of the molecule is CSCCCCCn1cccc1. The van der Waals surface area contributed by atoms with Crippen molar-refractivity contribution in [1.82, 2.24) is 4.57 Å². The van der Waals surface area contributed by atoms with Crippen molar-refractivity contribution in [3.8, 4) is 0 Å². The topological polar surface area (TPSA) is 4.93 Å². The van der Waals surface area contributed by atoms with Crippen LogP contribution in [0.2, 0.25) is 0 Å². The molecule has 1 aromatic rings. The second-order valence-electron chi connectivity index (χ2n) is 2.97. The van der Waals surface area contributed by atoms with Gasteiger partial charge in [0.1, 0.15) is 0 Å². The minimum Gasteiger partial charge on any atom is -0.354 e. The maximum atomic E-state index is 2.25. The molecule has 12 heavy (non-hydrogen) atoms. The Bertz CT molecular complexity index is 182. The lowest BCUT2D eigenvalue weighted by atomic mass is 10.2. The Hall–Kier alpha value is -0.370. The number of aryl methyl sites for hydroxylation is 1. The molecule has 0 radical (unpaired) electrons. The van der Waals surface area contributed by atoms with Crippen LogP contribution in [0.4, 0.5) is 0 Å². The summed E-state index contributed by atoms with van der Waals surface area (Å²) in [6, 6.07) is 4.17. The molecule has 0 aliphatic carbocycles. The van der Waals surface area contributed by atoms with Crippen LogP contribution < -0.4 is 0 Å². The summed E-state index contributed by atoms with van der Waals surface area (Å²) in [5.41, 5.74) is 0. The van der Waals surface area contributed by atoms with E-state index in [1.165, 1.54) is 31.6 Å². The van der Waals surface area contributed by atoms with Gasteiger partial charge in [0.15, 0.2) is 0 Å². The number of hydrogen-bond acceptors (Lipinski definition) is 1. The minimum atomic E-state index is 1.18. The third-order valence-electron chi connectivity index (χ3n) is 1.93. The zero-order chi connectivity index (χ0) is 8.65. The molecule has 1 aromatic heterocycles. The summed E-state index contributed by atoms with van der Waals surface area (Å²) in [5.74, 6) is 1.31. The first-order valence-electron chi connectivity index (χ1n) is 4.53. The number of unbranched alkanes of at least 4 members (excludes halogenated alkanes) is 2. The van der Waals surface area contributed by atoms with Gasteiger partial charge in [-0.05, 0) is 37.0 Å². The summed E-state index contributed by atoms with van der Waals surface area (Å²) < 4.78 is 2.25. The first-order chi connectivity index (χ1) is 5.93. The van der Waals surface area contributed by atoms with Crippen molar-refractivity contribution in [2.75, 3.05) is 12.0 Å². The van der Waals surface area contributed by atoms with E-state index in [1.54, 1.807) is 0 Å². The molecular formula is C10H17NS. The molecule has 0 bridgehead atoms. The van der Waals surface area contributed by atoms with Crippen LogP contribution in [-0.4, -0.2) is 16.6 Å². The fraction of sp³-hybridized carbons (Fsp3) is 0.600. The fourth-order valence-electron chi connectivity index (χ4n) is 1.24. The zero-order valence-electron chi connectivity index (χ0n) is 7.70. The van der Waals surface area contributed by atoms with Crippen molar-refractivity contribution in [3.63, 3.8) is 0 Å². The summed E-state index contributed by atoms with van der Waals surface area (Å²) >= 11 is 1.94. The third kappa shape index (κ3) is 3.86. The molecule has 0 unspecified atom stereocenters. The molecule has 0 spiro atoms. The Morgan fingerprint density at radius 3 is 2.50 bits per heavy atom. The summed E-state index contributed by atoms with van der Waals surface area (Å²) in [6.07, 6.45) is 10.5. The van der Waals surface area contributed by atoms with Crippen molar-refractivity contribution < 1.29 is 0 Å². The molecule has 0 saturated heterocycles. The normalized spacial score (nSPS) is 10.4. The highest BCUT2D eigenvalue weighted by atomic mass is 32.2. The fourth-order valence-corrected chi connectivity index (χ4v) is 1.73. The van der Waals surface area contributed by atoms with Gasteiger partial charge in [-0.2, -0.15) is 11.8 Å². The van der Waals surface area contributed by atoms with Crippen LogP contribution in [0.1, 0.15) is 19.3 Å². The molecule has 1 nitrogen and oxygen atoms in total. The van der Waals surface area contributed by atoms with Gasteiger partial charge in [-0.3, -0.25) is 0 Å². The molecule has 1 heterocycles. The van der Waals surface area contributed by atoms with Crippen molar-refractivity contribution in [3.05, 3.63) is 24.5 Å². The Morgan fingerprint density at radius 1 is 1.08 bits per heavy atom. The smallest absolute Gasteiger partial charge is 0.0219 e. The van der Waals surface area contributed by atoms with Gasteiger partial charge in [-0.25, -0.2) is 0 Å². The highest BCUT2D eigenvalue weighted by Gasteiger charge is 1.89. The van der Waals surface area contributed by atoms with Crippen LogP contribution in [0.5, 0.6) is 0 Å². The summed E-state index contributed by atoms with van der Waals surface area (Å²) in [6.45, 7) is 1.18. The van der Waals surface area contributed by atoms with E-state index in [0.29, 0.717) is 0 Å². The van der Waals surface area contributed by atoms with E-state index in [2.05, 4.69) is 35.3 Å². The predicted molar refractivity (Wildman–Crippen MR) is 56.7 cm³/mol. The molecule has 0 fully saturated rings. The van der Waals surface area contributed by atoms with E-state index in [9.17, 15) is 0 Å². The van der Waals surface area contributed by atoms with Crippen molar-refractivity contribution >= 4 is 11.8 Å². The lowest BCUT2D eigenvalue weighted by Crippen LogP contribution is -1.93. The molecule has 0 amide bonds. The standard InChI is InChI=1S/C10H17NS/c1-12-10-6-2-3-7-11-8-4-5-9-11/h4-5,8-9H,2-3,6-7,10H2,1H3. The Labute approximate surface area is 79.2 Å². The zero-order valence-corrected chi connectivity index (χ0v) is 8.52. The van der Waals surface area contributed by atoms with E-state index in [0.717, 1.165) is 0 Å². The molecule has 1 rings (SSSR count). The lowest BCUT2D eigenvalue weighted by molar-refractivity contribution is 0.607. The maximum Gasteiger partial charge on any atom is 0.0219 e. The van der Waals surface area contributed by atoms with Crippen molar-refractivity contribution in [2.24, 2.45) is 0 Å². The third-order valence-corrected chi connectivity index (χ3v) is 2.63. The van der Waals surface area contributed by atoms with E-state index >= 15 is 0 Å². The van der Waals surface area contributed by atoms with Crippen LogP contribution >= 0.6 is 11.8 Å². The van der Waals surface area contributed by atoms with Gasteiger partial charge in [0.05, 0.1) is 0 Å². The molecule has 0 saturated carbocycles. The van der Waals surface area contributed by atoms with E-state index < -0.39 is 0 Å². The molecule has 0 N–H and O–H groups in total. The largest absolute Gasteiger partial charge is 0.354 e. The monoisotopic (exact) mass is 183 g/mol. The van der Waals surface area contributed by atoms with E-state index in [1.807, 2.05) is 11.8 Å². The molecule has 68 valence electrons. The van der Waals surface area contributed by atoms with Crippen LogP contribution in [0.3, 0.4) is 0 Å². The molecule has 0 aliphatic heterocycles. The van der Waals surface area contributed by atoms with Crippen molar-refractivity contribution in [1.29, 1.82) is 0 Å². The number of thioether (sulfide) groups is 1. The Kier molecular flexibility index (Phi) is 5.00. The highest BCUT2D eigenvalue weighted by molar-refractivity contribution is 7.98. The number of rotatable bonds is 6. The highest BCUT2D eigenvalue weighted by Crippen LogP contribution is 2.03. The second kappa shape index (κ2) is 6.18. The van der Waals surface area contributed by atoms with Crippen LogP contribution in [-0.2, 0) is 6.54 Å². The van der Waals surface area contributed by atoms with Gasteiger partial charge in [0, 0.05) is 18.9 Å². The number of hydrogen-bond donors (Lipinski definition) is 0. The van der Waals surface area contributed by atoms with Crippen LogP contribution in [0.15, 0.2) is 24.5 Å². The first kappa shape index (κ1) is 9.72. The first-order valence-corrected chi connectivity index (χ1v) is 5.92. The molecule has 0 aliphatic rings. The minimum absolute atomic E-state index is 1.18. The average Bonchev–Trinajstić information content (AvgIpc) is 2.57. The molecule has 2 heteroatoms. The van der Waals surface area contributed by atoms with Crippen molar-refractivity contribution in [2.45, 2.75) is 25.8 Å². The average molecular weight is 183 g/mol. The van der Waals surface area contributed by atoms with Crippen LogP contribution in [0.25, 0.3) is 0 Å². The Morgan fingerprint density at radius 2 is 1.83 bits per heavy atom. The predicted octanol–water partition coefficient (Wildman–Crippen LogP) is 3.02. The number of aromatic nitrogens is 1. The summed E-state index contributed by atoms with van der Waals surface area (Å²) in [4.78, 5) is 0. The van der Waals surface area contributed by atoms with Crippen LogP contribution in [0, 0.1) is 0 Å². The van der Waals surface area contributed by atoms with Gasteiger partial charge in [-0.15, -0.1) is 0 Å². The summed E-state index contributed by atoms with van der Waals surface area (Å²) in [5, 5.41) is 0. The number of nitrogens with zero attached hydrogens (tertiary/aromatic N) is 1. The molecule has 0 atom stereocenters. The van der Waals surface area contributed by atoms with Gasteiger partial charge in [0.2, 0.25) is 0 Å². The van der Waals surface area contributed by atoms with Gasteiger partial charge >= 0.3 is 0 Å². The van der Waals surface area contributed by atoms with Gasteiger partial charge in [-0.1, -0.05) is 6.42 Å². The molecular weight excluding hydrogens is 166 g/mol. The van der Waals surface area contributed by atoms with E-state index in [4.69, 9.17) is 0 Å². The quantitative estimate of drug-likeness (QED) is 0.614. The van der Waals surface area contributed by atoms with Gasteiger partial charge < -0.3 is 4.57 Å². The second-order valence-corrected chi connectivity index (χ2v) is 3.96.